The standard InChI is InChI=1S/C17H23N3O3.C2HF3O2/c1-23-12-11-20-10-6-17(16(20)22)4-8-19(9-5-17)15(21)14-3-2-7-18-13-14;3-2(4,5)1(6)7/h2-3,7,13H,4-6,8-12H2,1H3;(H,6,7). The Morgan fingerprint density at radius 3 is 2.33 bits per heavy atom. The van der Waals surface area contributed by atoms with Gasteiger partial charge in [0.1, 0.15) is 0 Å². The Balaban J connectivity index is 0.000000396. The number of aliphatic carboxylic acids is 1. The fourth-order valence-corrected chi connectivity index (χ4v) is 3.58. The Kier molecular flexibility index (Phi) is 7.77. The number of methoxy groups -OCH3 is 1. The number of alkyl halides is 3. The SMILES string of the molecule is COCCN1CCC2(CCN(C(=O)c3cccnc3)CC2)C1=O.O=C(O)C(F)(F)F. The first-order valence-electron chi connectivity index (χ1n) is 9.38. The van der Waals surface area contributed by atoms with Crippen molar-refractivity contribution in [1.82, 2.24) is 14.8 Å². The van der Waals surface area contributed by atoms with Crippen molar-refractivity contribution in [3.63, 3.8) is 0 Å². The van der Waals surface area contributed by atoms with E-state index in [1.54, 1.807) is 31.6 Å². The van der Waals surface area contributed by atoms with Crippen molar-refractivity contribution in [3.8, 4) is 0 Å². The van der Waals surface area contributed by atoms with Crippen LogP contribution in [0.5, 0.6) is 0 Å². The molecule has 1 aromatic rings. The molecule has 3 heterocycles. The van der Waals surface area contributed by atoms with E-state index in [4.69, 9.17) is 14.6 Å². The van der Waals surface area contributed by atoms with Gasteiger partial charge in [0.2, 0.25) is 5.91 Å². The topological polar surface area (TPSA) is 100 Å². The fourth-order valence-electron chi connectivity index (χ4n) is 3.58. The minimum atomic E-state index is -5.08. The summed E-state index contributed by atoms with van der Waals surface area (Å²) >= 11 is 0. The average molecular weight is 431 g/mol. The van der Waals surface area contributed by atoms with Gasteiger partial charge in [-0.25, -0.2) is 4.79 Å². The Hall–Kier alpha value is -2.69. The van der Waals surface area contributed by atoms with E-state index in [2.05, 4.69) is 4.98 Å². The average Bonchev–Trinajstić information content (AvgIpc) is 3.02. The van der Waals surface area contributed by atoms with Gasteiger partial charge < -0.3 is 19.6 Å². The van der Waals surface area contributed by atoms with Gasteiger partial charge in [-0.15, -0.1) is 0 Å². The summed E-state index contributed by atoms with van der Waals surface area (Å²) in [6.07, 6.45) is 0.570. The number of piperidine rings is 1. The van der Waals surface area contributed by atoms with E-state index in [1.165, 1.54) is 0 Å². The van der Waals surface area contributed by atoms with Gasteiger partial charge in [-0.1, -0.05) is 0 Å². The van der Waals surface area contributed by atoms with Crippen molar-refractivity contribution in [2.75, 3.05) is 39.9 Å². The lowest BCUT2D eigenvalue weighted by molar-refractivity contribution is -0.192. The molecular formula is C19H24F3N3O5. The summed E-state index contributed by atoms with van der Waals surface area (Å²) in [7, 11) is 1.65. The van der Waals surface area contributed by atoms with Crippen LogP contribution in [-0.2, 0) is 14.3 Å². The number of rotatable bonds is 4. The number of hydrogen-bond donors (Lipinski definition) is 1. The van der Waals surface area contributed by atoms with Crippen LogP contribution < -0.4 is 0 Å². The second-order valence-corrected chi connectivity index (χ2v) is 7.15. The zero-order chi connectivity index (χ0) is 22.4. The number of carboxylic acid groups (broad SMARTS) is 1. The van der Waals surface area contributed by atoms with Gasteiger partial charge in [-0.2, -0.15) is 13.2 Å². The van der Waals surface area contributed by atoms with Crippen LogP contribution in [0.1, 0.15) is 29.6 Å². The summed E-state index contributed by atoms with van der Waals surface area (Å²) < 4.78 is 36.8. The summed E-state index contributed by atoms with van der Waals surface area (Å²) in [4.78, 5) is 41.8. The van der Waals surface area contributed by atoms with Crippen molar-refractivity contribution in [3.05, 3.63) is 30.1 Å². The molecule has 0 saturated carbocycles. The third-order valence-electron chi connectivity index (χ3n) is 5.33. The van der Waals surface area contributed by atoms with Crippen LogP contribution in [0.3, 0.4) is 0 Å². The van der Waals surface area contributed by atoms with E-state index < -0.39 is 12.1 Å². The van der Waals surface area contributed by atoms with Gasteiger partial charge in [-0.3, -0.25) is 14.6 Å². The van der Waals surface area contributed by atoms with E-state index in [-0.39, 0.29) is 17.2 Å². The van der Waals surface area contributed by atoms with Gasteiger partial charge in [0, 0.05) is 45.7 Å². The molecule has 0 unspecified atom stereocenters. The van der Waals surface area contributed by atoms with Crippen LogP contribution in [0.25, 0.3) is 0 Å². The molecule has 0 aliphatic carbocycles. The second kappa shape index (κ2) is 9.88. The molecule has 1 aromatic heterocycles. The van der Waals surface area contributed by atoms with Crippen LogP contribution >= 0.6 is 0 Å². The molecule has 1 spiro atoms. The van der Waals surface area contributed by atoms with E-state index in [9.17, 15) is 22.8 Å². The number of pyridine rings is 1. The highest BCUT2D eigenvalue weighted by molar-refractivity contribution is 5.94. The lowest BCUT2D eigenvalue weighted by Crippen LogP contribution is -2.47. The molecule has 0 atom stereocenters. The van der Waals surface area contributed by atoms with Gasteiger partial charge in [0.15, 0.2) is 0 Å². The highest BCUT2D eigenvalue weighted by Crippen LogP contribution is 2.41. The third kappa shape index (κ3) is 5.68. The van der Waals surface area contributed by atoms with E-state index in [1.807, 2.05) is 9.80 Å². The molecule has 1 N–H and O–H groups in total. The van der Waals surface area contributed by atoms with E-state index in [0.29, 0.717) is 31.8 Å². The van der Waals surface area contributed by atoms with Crippen molar-refractivity contribution >= 4 is 17.8 Å². The van der Waals surface area contributed by atoms with Crippen molar-refractivity contribution in [1.29, 1.82) is 0 Å². The number of amides is 2. The molecule has 2 fully saturated rings. The minimum Gasteiger partial charge on any atom is -0.475 e. The molecule has 3 rings (SSSR count). The molecule has 2 saturated heterocycles. The Bertz CT molecular complexity index is 750. The first-order chi connectivity index (χ1) is 14.1. The zero-order valence-corrected chi connectivity index (χ0v) is 16.5. The molecule has 11 heteroatoms. The number of carbonyl (C=O) groups is 3. The summed E-state index contributed by atoms with van der Waals surface area (Å²) in [5.41, 5.74) is 0.349. The van der Waals surface area contributed by atoms with Gasteiger partial charge in [-0.05, 0) is 31.4 Å². The maximum absolute atomic E-state index is 12.7. The first-order valence-corrected chi connectivity index (χ1v) is 9.38. The molecule has 30 heavy (non-hydrogen) atoms. The molecule has 166 valence electrons. The van der Waals surface area contributed by atoms with Gasteiger partial charge in [0.05, 0.1) is 17.6 Å². The predicted octanol–water partition coefficient (Wildman–Crippen LogP) is 1.82. The van der Waals surface area contributed by atoms with Crippen LogP contribution in [0.2, 0.25) is 0 Å². The Morgan fingerprint density at radius 1 is 1.23 bits per heavy atom. The number of carboxylic acids is 1. The monoisotopic (exact) mass is 431 g/mol. The van der Waals surface area contributed by atoms with Crippen LogP contribution in [-0.4, -0.2) is 83.7 Å². The number of carbonyl (C=O) groups excluding carboxylic acids is 2. The first kappa shape index (κ1) is 23.6. The smallest absolute Gasteiger partial charge is 0.475 e. The molecule has 0 bridgehead atoms. The van der Waals surface area contributed by atoms with E-state index >= 15 is 0 Å². The van der Waals surface area contributed by atoms with Crippen LogP contribution in [0, 0.1) is 5.41 Å². The second-order valence-electron chi connectivity index (χ2n) is 7.15. The van der Waals surface area contributed by atoms with E-state index in [0.717, 1.165) is 25.8 Å². The highest BCUT2D eigenvalue weighted by Gasteiger charge is 2.48. The molecule has 2 aliphatic rings. The number of nitrogens with zero attached hydrogens (tertiary/aromatic N) is 3. The highest BCUT2D eigenvalue weighted by atomic mass is 19.4. The predicted molar refractivity (Wildman–Crippen MR) is 98.6 cm³/mol. The largest absolute Gasteiger partial charge is 0.490 e. The Morgan fingerprint density at radius 2 is 1.83 bits per heavy atom. The lowest BCUT2D eigenvalue weighted by Gasteiger charge is -2.38. The lowest BCUT2D eigenvalue weighted by atomic mass is 9.77. The van der Waals surface area contributed by atoms with Crippen molar-refractivity contribution < 1.29 is 37.4 Å². The Labute approximate surface area is 171 Å². The van der Waals surface area contributed by atoms with Gasteiger partial charge in [0.25, 0.3) is 5.91 Å². The molecule has 2 aliphatic heterocycles. The fraction of sp³-hybridized carbons (Fsp3) is 0.579. The quantitative estimate of drug-likeness (QED) is 0.781. The summed E-state index contributed by atoms with van der Waals surface area (Å²) in [5.74, 6) is -2.51. The number of hydrogen-bond acceptors (Lipinski definition) is 5. The number of aromatic nitrogens is 1. The maximum atomic E-state index is 12.7. The maximum Gasteiger partial charge on any atom is 0.490 e. The van der Waals surface area contributed by atoms with Crippen LogP contribution in [0.15, 0.2) is 24.5 Å². The molecule has 0 aromatic carbocycles. The summed E-state index contributed by atoms with van der Waals surface area (Å²) in [6, 6.07) is 3.56. The van der Waals surface area contributed by atoms with Crippen molar-refractivity contribution in [2.45, 2.75) is 25.4 Å². The molecular weight excluding hydrogens is 407 g/mol. The number of halogens is 3. The normalized spacial score (nSPS) is 18.2. The molecule has 8 nitrogen and oxygen atoms in total. The minimum absolute atomic E-state index is 0.00892. The van der Waals surface area contributed by atoms with Crippen molar-refractivity contribution in [2.24, 2.45) is 5.41 Å². The number of likely N-dealkylation sites (tertiary alicyclic amines) is 2. The summed E-state index contributed by atoms with van der Waals surface area (Å²) in [6.45, 7) is 3.32. The van der Waals surface area contributed by atoms with Crippen LogP contribution in [0.4, 0.5) is 13.2 Å². The van der Waals surface area contributed by atoms with Gasteiger partial charge >= 0.3 is 12.1 Å². The summed E-state index contributed by atoms with van der Waals surface area (Å²) in [5, 5.41) is 7.12. The zero-order valence-electron chi connectivity index (χ0n) is 16.5. The third-order valence-corrected chi connectivity index (χ3v) is 5.33. The number of ether oxygens (including phenoxy) is 1. The molecule has 2 amide bonds. The molecule has 0 radical (unpaired) electrons.